The van der Waals surface area contributed by atoms with Crippen LogP contribution in [0.15, 0.2) is 0 Å². The monoisotopic (exact) mass is 440 g/mol. The van der Waals surface area contributed by atoms with Crippen LogP contribution in [0.1, 0.15) is 38.5 Å². The van der Waals surface area contributed by atoms with Gasteiger partial charge in [0.25, 0.3) is 10.1 Å². The van der Waals surface area contributed by atoms with Crippen LogP contribution in [-0.2, 0) is 19.6 Å². The zero-order valence-electron chi connectivity index (χ0n) is 14.3. The Bertz CT molecular complexity index is 694. The number of hydrogen-bond donors (Lipinski definition) is 1. The topological polar surface area (TPSA) is 89.9 Å². The summed E-state index contributed by atoms with van der Waals surface area (Å²) in [6, 6.07) is 0. The van der Waals surface area contributed by atoms with Crippen molar-refractivity contribution in [3.63, 3.8) is 0 Å². The molecule has 0 aromatic rings. The van der Waals surface area contributed by atoms with Gasteiger partial charge in [0.05, 0.1) is 0 Å². The number of halogens is 6. The van der Waals surface area contributed by atoms with Gasteiger partial charge in [0.15, 0.2) is 0 Å². The second-order valence-electron chi connectivity index (χ2n) is 8.10. The minimum absolute atomic E-state index is 0.173. The van der Waals surface area contributed by atoms with Gasteiger partial charge in [0, 0.05) is 0 Å². The maximum Gasteiger partial charge on any atom is 0.510 e. The highest BCUT2D eigenvalue weighted by Gasteiger charge is 2.76. The molecule has 6 nitrogen and oxygen atoms in total. The zero-order valence-corrected chi connectivity index (χ0v) is 15.2. The van der Waals surface area contributed by atoms with E-state index in [0.717, 1.165) is 19.3 Å². The lowest BCUT2D eigenvalue weighted by Crippen LogP contribution is -2.64. The molecule has 0 atom stereocenters. The van der Waals surface area contributed by atoms with Gasteiger partial charge in [-0.2, -0.15) is 34.8 Å². The molecule has 28 heavy (non-hydrogen) atoms. The summed E-state index contributed by atoms with van der Waals surface area (Å²) in [5.41, 5.74) is -6.64. The number of carbonyl (C=O) groups is 1. The van der Waals surface area contributed by atoms with E-state index in [1.54, 1.807) is 0 Å². The van der Waals surface area contributed by atoms with Gasteiger partial charge in [-0.3, -0.25) is 4.55 Å². The molecule has 0 aromatic heterocycles. The van der Waals surface area contributed by atoms with E-state index in [9.17, 15) is 39.6 Å². The van der Waals surface area contributed by atoms with Crippen LogP contribution in [0, 0.1) is 17.8 Å². The van der Waals surface area contributed by atoms with E-state index in [1.807, 2.05) is 0 Å². The molecule has 0 aliphatic heterocycles. The van der Waals surface area contributed by atoms with Gasteiger partial charge < -0.3 is 9.47 Å². The van der Waals surface area contributed by atoms with Crippen LogP contribution in [0.2, 0.25) is 0 Å². The predicted molar refractivity (Wildman–Crippen MR) is 79.7 cm³/mol. The normalized spacial score (nSPS) is 33.0. The van der Waals surface area contributed by atoms with Crippen molar-refractivity contribution in [2.45, 2.75) is 62.1 Å². The molecule has 0 spiro atoms. The number of alkyl halides is 6. The Morgan fingerprint density at radius 2 is 1.32 bits per heavy atom. The Labute approximate surface area is 156 Å². The van der Waals surface area contributed by atoms with Crippen molar-refractivity contribution >= 4 is 16.3 Å². The van der Waals surface area contributed by atoms with E-state index in [1.165, 1.54) is 0 Å². The molecule has 13 heteroatoms. The Hall–Kier alpha value is -1.24. The minimum Gasteiger partial charge on any atom is -0.428 e. The Morgan fingerprint density at radius 3 is 1.64 bits per heavy atom. The molecule has 4 aliphatic carbocycles. The first-order valence-electron chi connectivity index (χ1n) is 8.55. The molecule has 0 heterocycles. The molecule has 4 saturated carbocycles. The zero-order chi connectivity index (χ0) is 21.2. The van der Waals surface area contributed by atoms with Crippen LogP contribution in [0.4, 0.5) is 31.1 Å². The average molecular weight is 440 g/mol. The fourth-order valence-electron chi connectivity index (χ4n) is 5.22. The lowest BCUT2D eigenvalue weighted by atomic mass is 9.54. The molecular weight excluding hydrogens is 422 g/mol. The van der Waals surface area contributed by atoms with Crippen molar-refractivity contribution in [3.05, 3.63) is 0 Å². The smallest absolute Gasteiger partial charge is 0.428 e. The van der Waals surface area contributed by atoms with Gasteiger partial charge in [-0.15, -0.1) is 0 Å². The van der Waals surface area contributed by atoms with Crippen LogP contribution in [0.3, 0.4) is 0 Å². The van der Waals surface area contributed by atoms with Gasteiger partial charge in [0.1, 0.15) is 11.4 Å². The van der Waals surface area contributed by atoms with Crippen molar-refractivity contribution in [3.8, 4) is 0 Å². The summed E-state index contributed by atoms with van der Waals surface area (Å²) in [4.78, 5) is 12.0. The van der Waals surface area contributed by atoms with Crippen LogP contribution in [0.25, 0.3) is 0 Å². The van der Waals surface area contributed by atoms with E-state index in [0.29, 0.717) is 19.3 Å². The van der Waals surface area contributed by atoms with Gasteiger partial charge in [-0.05, 0) is 56.3 Å². The van der Waals surface area contributed by atoms with E-state index >= 15 is 0 Å². The Morgan fingerprint density at radius 1 is 0.929 bits per heavy atom. The second kappa shape index (κ2) is 6.38. The first kappa shape index (κ1) is 21.5. The van der Waals surface area contributed by atoms with Crippen molar-refractivity contribution in [1.29, 1.82) is 0 Å². The second-order valence-corrected chi connectivity index (χ2v) is 9.56. The molecule has 4 bridgehead atoms. The summed E-state index contributed by atoms with van der Waals surface area (Å²) in [6.07, 6.45) is -11.4. The minimum atomic E-state index is -6.36. The van der Waals surface area contributed by atoms with E-state index in [2.05, 4.69) is 4.74 Å². The predicted octanol–water partition coefficient (Wildman–Crippen LogP) is 3.86. The molecule has 0 radical (unpaired) electrons. The highest BCUT2D eigenvalue weighted by Crippen LogP contribution is 2.57. The fourth-order valence-corrected chi connectivity index (χ4v) is 6.12. The van der Waals surface area contributed by atoms with Crippen LogP contribution < -0.4 is 0 Å². The van der Waals surface area contributed by atoms with Crippen LogP contribution in [-0.4, -0.2) is 48.4 Å². The summed E-state index contributed by atoms with van der Waals surface area (Å²) in [7, 11) is -5.82. The van der Waals surface area contributed by atoms with E-state index in [4.69, 9.17) is 9.29 Å². The lowest BCUT2D eigenvalue weighted by Gasteiger charge is -2.55. The quantitative estimate of drug-likeness (QED) is 0.406. The number of rotatable bonds is 4. The van der Waals surface area contributed by atoms with Gasteiger partial charge in [0.2, 0.25) is 0 Å². The third-order valence-corrected chi connectivity index (χ3v) is 6.61. The summed E-state index contributed by atoms with van der Waals surface area (Å²) in [6.45, 7) is 0. The third kappa shape index (κ3) is 3.91. The van der Waals surface area contributed by atoms with E-state index in [-0.39, 0.29) is 17.8 Å². The molecule has 4 fully saturated rings. The maximum absolute atomic E-state index is 13.2. The number of ether oxygens (including phenoxy) is 2. The molecule has 0 saturated heterocycles. The highest BCUT2D eigenvalue weighted by molar-refractivity contribution is 7.85. The Balaban J connectivity index is 1.85. The van der Waals surface area contributed by atoms with Crippen molar-refractivity contribution in [2.24, 2.45) is 17.8 Å². The lowest BCUT2D eigenvalue weighted by molar-refractivity contribution is -0.361. The molecule has 0 amide bonds. The standard InChI is InChI=1S/C15H18F6O6S/c16-14(17,18)13(15(19,20)21,7-28(23,24)25)27-11(22)26-12-4-8-1-9(5-12)3-10(2-8)6-12/h8-10H,1-7H2,(H,23,24,25). The summed E-state index contributed by atoms with van der Waals surface area (Å²) in [5, 5.41) is 0. The summed E-state index contributed by atoms with van der Waals surface area (Å²) >= 11 is 0. The average Bonchev–Trinajstić information content (AvgIpc) is 2.39. The Kier molecular flexibility index (Phi) is 4.89. The fraction of sp³-hybridized carbons (Fsp3) is 0.933. The molecule has 4 aliphatic rings. The summed E-state index contributed by atoms with van der Waals surface area (Å²) < 4.78 is 118. The molecule has 1 N–H and O–H groups in total. The number of carbonyl (C=O) groups excluding carboxylic acids is 1. The molecule has 162 valence electrons. The third-order valence-electron chi connectivity index (χ3n) is 5.84. The van der Waals surface area contributed by atoms with Crippen molar-refractivity contribution < 1.29 is 53.6 Å². The molecule has 0 unspecified atom stereocenters. The maximum atomic E-state index is 13.2. The summed E-state index contributed by atoms with van der Waals surface area (Å²) in [5.74, 6) is -2.39. The largest absolute Gasteiger partial charge is 0.510 e. The number of hydrogen-bond acceptors (Lipinski definition) is 5. The SMILES string of the molecule is O=C(OC12CC3CC(CC(C3)C1)C2)OC(CS(=O)(=O)O)(C(F)(F)F)C(F)(F)F. The molecule has 0 aromatic carbocycles. The van der Waals surface area contributed by atoms with Crippen LogP contribution in [0.5, 0.6) is 0 Å². The first-order chi connectivity index (χ1) is 12.5. The molecule has 4 rings (SSSR count). The van der Waals surface area contributed by atoms with Crippen molar-refractivity contribution in [1.82, 2.24) is 0 Å². The van der Waals surface area contributed by atoms with Gasteiger partial charge >= 0.3 is 24.1 Å². The van der Waals surface area contributed by atoms with Crippen LogP contribution >= 0.6 is 0 Å². The van der Waals surface area contributed by atoms with E-state index < -0.39 is 45.6 Å². The molecular formula is C15H18F6O6S. The van der Waals surface area contributed by atoms with Gasteiger partial charge in [-0.1, -0.05) is 0 Å². The first-order valence-corrected chi connectivity index (χ1v) is 10.2. The highest BCUT2D eigenvalue weighted by atomic mass is 32.2. The van der Waals surface area contributed by atoms with Gasteiger partial charge in [-0.25, -0.2) is 4.79 Å². The van der Waals surface area contributed by atoms with Crippen molar-refractivity contribution in [2.75, 3.05) is 5.75 Å².